The summed E-state index contributed by atoms with van der Waals surface area (Å²) in [6, 6.07) is 25.3. The number of nitrogens with zero attached hydrogens (tertiary/aromatic N) is 2. The molecule has 5 aromatic rings. The molecule has 0 unspecified atom stereocenters. The van der Waals surface area contributed by atoms with E-state index in [9.17, 15) is 18.0 Å². The third kappa shape index (κ3) is 5.09. The molecule has 2 N–H and O–H groups in total. The summed E-state index contributed by atoms with van der Waals surface area (Å²) in [6.45, 7) is 0.372. The molecule has 9 heteroatoms. The van der Waals surface area contributed by atoms with Crippen molar-refractivity contribution >= 4 is 28.5 Å². The predicted octanol–water partition coefficient (Wildman–Crippen LogP) is 7.21. The Morgan fingerprint density at radius 2 is 1.50 bits per heavy atom. The molecule has 5 rings (SSSR count). The SMILES string of the molecule is NCc1ccc(-c2nc3c(-c4ccc(Cl)cc4)cnc(OC(=O)C(F)(F)F)c3cc2-c2ccccc2)cc1. The number of ether oxygens (including phenoxy) is 1. The standard InChI is InChI=1S/C29H19ClF3N3O2/c30-21-12-10-19(11-13-21)24-16-35-27(38-28(37)29(31,32)33)23-14-22(18-4-2-1-3-5-18)25(36-26(23)24)20-8-6-17(15-34)7-9-20/h1-14,16H,15,34H2. The number of pyridine rings is 2. The minimum absolute atomic E-state index is 0.149. The maximum Gasteiger partial charge on any atom is 0.491 e. The van der Waals surface area contributed by atoms with Gasteiger partial charge in [-0.1, -0.05) is 78.3 Å². The smallest absolute Gasteiger partial charge is 0.400 e. The van der Waals surface area contributed by atoms with Crippen LogP contribution in [0.4, 0.5) is 13.2 Å². The number of aromatic nitrogens is 2. The van der Waals surface area contributed by atoms with E-state index in [2.05, 4.69) is 4.98 Å². The first-order valence-corrected chi connectivity index (χ1v) is 11.9. The first-order chi connectivity index (χ1) is 18.2. The number of hydrogen-bond donors (Lipinski definition) is 1. The lowest BCUT2D eigenvalue weighted by Crippen LogP contribution is -2.28. The van der Waals surface area contributed by atoms with Crippen molar-refractivity contribution in [2.45, 2.75) is 12.7 Å². The van der Waals surface area contributed by atoms with Gasteiger partial charge in [-0.2, -0.15) is 13.2 Å². The third-order valence-electron chi connectivity index (χ3n) is 5.94. The zero-order valence-electron chi connectivity index (χ0n) is 19.7. The van der Waals surface area contributed by atoms with E-state index in [0.717, 1.165) is 16.7 Å². The van der Waals surface area contributed by atoms with Crippen molar-refractivity contribution in [3.05, 3.63) is 102 Å². The molecule has 0 amide bonds. The van der Waals surface area contributed by atoms with Crippen molar-refractivity contribution < 1.29 is 22.7 Å². The Morgan fingerprint density at radius 1 is 0.868 bits per heavy atom. The van der Waals surface area contributed by atoms with Gasteiger partial charge in [0, 0.05) is 34.5 Å². The highest BCUT2D eigenvalue weighted by molar-refractivity contribution is 6.30. The van der Waals surface area contributed by atoms with Crippen molar-refractivity contribution in [2.75, 3.05) is 0 Å². The number of carbonyl (C=O) groups excluding carboxylic acids is 1. The summed E-state index contributed by atoms with van der Waals surface area (Å²) in [4.78, 5) is 20.8. The number of alkyl halides is 3. The number of fused-ring (bicyclic) bond motifs is 1. The van der Waals surface area contributed by atoms with E-state index in [-0.39, 0.29) is 5.39 Å². The van der Waals surface area contributed by atoms with Crippen molar-refractivity contribution in [1.29, 1.82) is 0 Å². The normalized spacial score (nSPS) is 11.5. The Hall–Kier alpha value is -4.27. The van der Waals surface area contributed by atoms with Gasteiger partial charge in [-0.15, -0.1) is 0 Å². The molecule has 2 aromatic heterocycles. The van der Waals surface area contributed by atoms with Crippen LogP contribution in [0.15, 0.2) is 91.1 Å². The maximum atomic E-state index is 13.1. The van der Waals surface area contributed by atoms with E-state index in [0.29, 0.717) is 39.5 Å². The number of rotatable bonds is 5. The topological polar surface area (TPSA) is 78.1 Å². The van der Waals surface area contributed by atoms with Gasteiger partial charge in [0.1, 0.15) is 0 Å². The van der Waals surface area contributed by atoms with Gasteiger partial charge in [0.05, 0.1) is 16.6 Å². The van der Waals surface area contributed by atoms with E-state index < -0.39 is 18.0 Å². The summed E-state index contributed by atoms with van der Waals surface area (Å²) < 4.78 is 43.9. The molecule has 0 aliphatic heterocycles. The predicted molar refractivity (Wildman–Crippen MR) is 140 cm³/mol. The Bertz CT molecular complexity index is 1620. The van der Waals surface area contributed by atoms with Crippen LogP contribution in [0, 0.1) is 0 Å². The molecule has 190 valence electrons. The number of hydrogen-bond acceptors (Lipinski definition) is 5. The molecule has 0 aliphatic carbocycles. The first kappa shape index (κ1) is 25.4. The first-order valence-electron chi connectivity index (χ1n) is 11.5. The summed E-state index contributed by atoms with van der Waals surface area (Å²) in [5.74, 6) is -2.86. The van der Waals surface area contributed by atoms with E-state index in [4.69, 9.17) is 27.1 Å². The molecule has 0 spiro atoms. The van der Waals surface area contributed by atoms with Gasteiger partial charge in [0.25, 0.3) is 0 Å². The minimum atomic E-state index is -5.19. The third-order valence-corrected chi connectivity index (χ3v) is 6.19. The molecule has 0 saturated heterocycles. The van der Waals surface area contributed by atoms with Gasteiger partial charge in [-0.25, -0.2) is 14.8 Å². The number of esters is 1. The zero-order valence-corrected chi connectivity index (χ0v) is 20.4. The maximum absolute atomic E-state index is 13.1. The van der Waals surface area contributed by atoms with Gasteiger partial charge in [-0.05, 0) is 34.9 Å². The van der Waals surface area contributed by atoms with E-state index >= 15 is 0 Å². The summed E-state index contributed by atoms with van der Waals surface area (Å²) in [7, 11) is 0. The van der Waals surface area contributed by atoms with Gasteiger partial charge < -0.3 is 10.5 Å². The van der Waals surface area contributed by atoms with Crippen LogP contribution in [0.1, 0.15) is 5.56 Å². The fraction of sp³-hybridized carbons (Fsp3) is 0.0690. The number of nitrogens with two attached hydrogens (primary N) is 1. The Labute approximate surface area is 220 Å². The summed E-state index contributed by atoms with van der Waals surface area (Å²) in [5.41, 5.74) is 11.0. The monoisotopic (exact) mass is 533 g/mol. The van der Waals surface area contributed by atoms with Crippen molar-refractivity contribution in [3.8, 4) is 39.4 Å². The molecule has 0 bridgehead atoms. The van der Waals surface area contributed by atoms with Crippen LogP contribution < -0.4 is 10.5 Å². The van der Waals surface area contributed by atoms with Crippen LogP contribution in [0.2, 0.25) is 5.02 Å². The second-order valence-electron chi connectivity index (χ2n) is 8.42. The Morgan fingerprint density at radius 3 is 2.13 bits per heavy atom. The molecule has 0 fully saturated rings. The van der Waals surface area contributed by atoms with Gasteiger partial charge in [0.15, 0.2) is 0 Å². The minimum Gasteiger partial charge on any atom is -0.400 e. The van der Waals surface area contributed by atoms with Crippen LogP contribution in [0.5, 0.6) is 5.88 Å². The quantitative estimate of drug-likeness (QED) is 0.241. The molecule has 2 heterocycles. The van der Waals surface area contributed by atoms with Crippen LogP contribution >= 0.6 is 11.6 Å². The molecule has 0 aliphatic rings. The van der Waals surface area contributed by atoms with Crippen molar-refractivity contribution in [2.24, 2.45) is 5.73 Å². The summed E-state index contributed by atoms with van der Waals surface area (Å²) >= 11 is 6.06. The second kappa shape index (κ2) is 10.2. The average Bonchev–Trinajstić information content (AvgIpc) is 2.93. The van der Waals surface area contributed by atoms with Crippen LogP contribution in [-0.4, -0.2) is 22.1 Å². The van der Waals surface area contributed by atoms with Gasteiger partial charge in [0.2, 0.25) is 5.88 Å². The van der Waals surface area contributed by atoms with E-state index in [1.807, 2.05) is 54.6 Å². The molecule has 3 aromatic carbocycles. The zero-order chi connectivity index (χ0) is 26.9. The van der Waals surface area contributed by atoms with Gasteiger partial charge in [-0.3, -0.25) is 0 Å². The molecular formula is C29H19ClF3N3O2. The van der Waals surface area contributed by atoms with Crippen LogP contribution in [-0.2, 0) is 11.3 Å². The summed E-state index contributed by atoms with van der Waals surface area (Å²) in [6.07, 6.45) is -3.86. The highest BCUT2D eigenvalue weighted by atomic mass is 35.5. The molecular weight excluding hydrogens is 515 g/mol. The number of halogens is 4. The highest BCUT2D eigenvalue weighted by Crippen LogP contribution is 2.39. The molecule has 0 radical (unpaired) electrons. The molecule has 0 atom stereocenters. The van der Waals surface area contributed by atoms with Crippen molar-refractivity contribution in [3.63, 3.8) is 0 Å². The number of benzene rings is 3. The van der Waals surface area contributed by atoms with Crippen LogP contribution in [0.25, 0.3) is 44.4 Å². The average molecular weight is 534 g/mol. The lowest BCUT2D eigenvalue weighted by Gasteiger charge is -2.16. The highest BCUT2D eigenvalue weighted by Gasteiger charge is 2.42. The van der Waals surface area contributed by atoms with E-state index in [1.54, 1.807) is 30.3 Å². The fourth-order valence-electron chi connectivity index (χ4n) is 4.06. The lowest BCUT2D eigenvalue weighted by molar-refractivity contribution is -0.189. The van der Waals surface area contributed by atoms with Crippen LogP contribution in [0.3, 0.4) is 0 Å². The van der Waals surface area contributed by atoms with E-state index in [1.165, 1.54) is 6.20 Å². The largest absolute Gasteiger partial charge is 0.491 e. The Kier molecular flexibility index (Phi) is 6.84. The second-order valence-corrected chi connectivity index (χ2v) is 8.86. The summed E-state index contributed by atoms with van der Waals surface area (Å²) in [5, 5.41) is 0.665. The van der Waals surface area contributed by atoms with Gasteiger partial charge >= 0.3 is 12.1 Å². The fourth-order valence-corrected chi connectivity index (χ4v) is 4.19. The molecule has 38 heavy (non-hydrogen) atoms. The van der Waals surface area contributed by atoms with Crippen molar-refractivity contribution in [1.82, 2.24) is 9.97 Å². The Balaban J connectivity index is 1.82. The lowest BCUT2D eigenvalue weighted by atomic mass is 9.95. The molecule has 0 saturated carbocycles. The number of carbonyl (C=O) groups is 1. The molecule has 5 nitrogen and oxygen atoms in total.